The van der Waals surface area contributed by atoms with Crippen molar-refractivity contribution in [3.63, 3.8) is 0 Å². The summed E-state index contributed by atoms with van der Waals surface area (Å²) in [6, 6.07) is 33.4. The predicted molar refractivity (Wildman–Crippen MR) is 179 cm³/mol. The first-order valence-electron chi connectivity index (χ1n) is 14.1. The summed E-state index contributed by atoms with van der Waals surface area (Å²) in [5.41, 5.74) is 7.07. The molecule has 5 aromatic rings. The van der Waals surface area contributed by atoms with Gasteiger partial charge in [-0.2, -0.15) is 5.10 Å². The van der Waals surface area contributed by atoms with Crippen molar-refractivity contribution in [1.82, 2.24) is 9.78 Å². The van der Waals surface area contributed by atoms with Crippen molar-refractivity contribution in [3.05, 3.63) is 126 Å². The number of hydrogen-bond acceptors (Lipinski definition) is 4. The molecule has 1 aromatic heterocycles. The third-order valence-corrected chi connectivity index (χ3v) is 6.89. The molecule has 0 unspecified atom stereocenters. The molecule has 4 aromatic carbocycles. The Kier molecular flexibility index (Phi) is 12.4. The van der Waals surface area contributed by atoms with Crippen LogP contribution in [0.5, 0.6) is 5.75 Å². The summed E-state index contributed by atoms with van der Waals surface area (Å²) in [7, 11) is 0. The molecular weight excluding hydrogens is 600 g/mol. The van der Waals surface area contributed by atoms with Gasteiger partial charge < -0.3 is 15.2 Å². The van der Waals surface area contributed by atoms with Crippen LogP contribution in [0.1, 0.15) is 37.0 Å². The third-order valence-electron chi connectivity index (χ3n) is 6.89. The van der Waals surface area contributed by atoms with E-state index < -0.39 is 11.8 Å². The van der Waals surface area contributed by atoms with E-state index in [1.54, 1.807) is 12.1 Å². The Hall–Kier alpha value is -4.33. The fraction of sp³-hybridized carbons (Fsp3) is 0.200. The van der Waals surface area contributed by atoms with Gasteiger partial charge in [-0.25, -0.2) is 4.39 Å². The Balaban J connectivity index is 0.00000264. The summed E-state index contributed by atoms with van der Waals surface area (Å²) in [4.78, 5) is 10.8. The lowest BCUT2D eigenvalue weighted by molar-refractivity contribution is -0.136. The van der Waals surface area contributed by atoms with Gasteiger partial charge in [0.15, 0.2) is 0 Å². The van der Waals surface area contributed by atoms with Gasteiger partial charge in [-0.15, -0.1) is 24.8 Å². The highest BCUT2D eigenvalue weighted by atomic mass is 35.5. The van der Waals surface area contributed by atoms with Crippen LogP contribution in [0.15, 0.2) is 103 Å². The highest BCUT2D eigenvalue weighted by Gasteiger charge is 2.15. The standard InChI is InChI=1S/C35H34FN3O3.2ClH/c1-24(2)42-34-19-25(22-37-30-17-15-26(31(36)20-30)16-18-35(40)41)13-14-29(34)23-39-33(28-11-7-4-8-12-28)21-32(38-39)27-9-5-3-6-10-27;;/h3-15,17,19-21,24,37H,16,18,22-23H2,1-2H3,(H,40,41);2*1H. The quantitative estimate of drug-likeness (QED) is 0.143. The van der Waals surface area contributed by atoms with Crippen LogP contribution in [0.2, 0.25) is 0 Å². The molecule has 0 fully saturated rings. The van der Waals surface area contributed by atoms with E-state index in [1.165, 1.54) is 6.07 Å². The summed E-state index contributed by atoms with van der Waals surface area (Å²) >= 11 is 0. The van der Waals surface area contributed by atoms with Crippen molar-refractivity contribution in [2.24, 2.45) is 0 Å². The average molecular weight is 637 g/mol. The zero-order chi connectivity index (χ0) is 29.5. The van der Waals surface area contributed by atoms with E-state index in [4.69, 9.17) is 14.9 Å². The molecule has 6 nitrogen and oxygen atoms in total. The fourth-order valence-corrected chi connectivity index (χ4v) is 4.80. The average Bonchev–Trinajstić information content (AvgIpc) is 3.41. The maximum absolute atomic E-state index is 14.5. The second-order valence-electron chi connectivity index (χ2n) is 10.5. The minimum absolute atomic E-state index is 0. The van der Waals surface area contributed by atoms with Gasteiger partial charge in [0.05, 0.1) is 24.0 Å². The summed E-state index contributed by atoms with van der Waals surface area (Å²) in [6.45, 7) is 4.99. The first-order valence-corrected chi connectivity index (χ1v) is 14.1. The van der Waals surface area contributed by atoms with Crippen LogP contribution in [0.3, 0.4) is 0 Å². The van der Waals surface area contributed by atoms with Gasteiger partial charge in [-0.05, 0) is 61.2 Å². The molecule has 0 bridgehead atoms. The molecule has 230 valence electrons. The number of anilines is 1. The predicted octanol–water partition coefficient (Wildman–Crippen LogP) is 8.66. The summed E-state index contributed by atoms with van der Waals surface area (Å²) in [5.74, 6) is -0.584. The van der Waals surface area contributed by atoms with E-state index in [-0.39, 0.29) is 43.8 Å². The first kappa shape index (κ1) is 34.2. The Morgan fingerprint density at radius 1 is 0.886 bits per heavy atom. The van der Waals surface area contributed by atoms with E-state index in [2.05, 4.69) is 41.7 Å². The van der Waals surface area contributed by atoms with E-state index in [0.717, 1.165) is 39.4 Å². The lowest BCUT2D eigenvalue weighted by Crippen LogP contribution is -2.11. The molecule has 0 aliphatic rings. The van der Waals surface area contributed by atoms with Crippen LogP contribution in [0.4, 0.5) is 10.1 Å². The molecule has 0 aliphatic carbocycles. The van der Waals surface area contributed by atoms with Crippen LogP contribution in [0.25, 0.3) is 22.5 Å². The maximum atomic E-state index is 14.5. The van der Waals surface area contributed by atoms with Gasteiger partial charge in [-0.1, -0.05) is 78.9 Å². The molecule has 0 spiro atoms. The summed E-state index contributed by atoms with van der Waals surface area (Å²) in [5, 5.41) is 17.1. The topological polar surface area (TPSA) is 76.4 Å². The first-order chi connectivity index (χ1) is 20.4. The number of hydrogen-bond donors (Lipinski definition) is 2. The normalized spacial score (nSPS) is 10.5. The van der Waals surface area contributed by atoms with Gasteiger partial charge in [-0.3, -0.25) is 9.48 Å². The number of aromatic nitrogens is 2. The molecule has 44 heavy (non-hydrogen) atoms. The van der Waals surface area contributed by atoms with Crippen LogP contribution in [-0.2, 0) is 24.3 Å². The van der Waals surface area contributed by atoms with E-state index in [0.29, 0.717) is 24.3 Å². The Bertz CT molecular complexity index is 1660. The number of rotatable bonds is 12. The minimum Gasteiger partial charge on any atom is -0.491 e. The Labute approximate surface area is 269 Å². The molecule has 0 amide bonds. The van der Waals surface area contributed by atoms with Gasteiger partial charge >= 0.3 is 5.97 Å². The second kappa shape index (κ2) is 15.9. The second-order valence-corrected chi connectivity index (χ2v) is 10.5. The molecule has 0 atom stereocenters. The highest BCUT2D eigenvalue weighted by molar-refractivity contribution is 5.85. The van der Waals surface area contributed by atoms with Crippen molar-refractivity contribution in [3.8, 4) is 28.3 Å². The number of aliphatic carboxylic acids is 1. The molecule has 0 saturated carbocycles. The lowest BCUT2D eigenvalue weighted by atomic mass is 10.1. The lowest BCUT2D eigenvalue weighted by Gasteiger charge is -2.17. The van der Waals surface area contributed by atoms with Crippen molar-refractivity contribution in [1.29, 1.82) is 0 Å². The molecule has 2 N–H and O–H groups in total. The number of halogens is 3. The monoisotopic (exact) mass is 635 g/mol. The van der Waals surface area contributed by atoms with Crippen molar-refractivity contribution in [2.75, 3.05) is 5.32 Å². The van der Waals surface area contributed by atoms with E-state index in [1.807, 2.05) is 67.1 Å². The van der Waals surface area contributed by atoms with Crippen molar-refractivity contribution >= 4 is 36.5 Å². The number of nitrogens with one attached hydrogen (secondary N) is 1. The van der Waals surface area contributed by atoms with Crippen molar-refractivity contribution in [2.45, 2.75) is 45.9 Å². The number of carbonyl (C=O) groups is 1. The van der Waals surface area contributed by atoms with Gasteiger partial charge in [0, 0.05) is 29.8 Å². The minimum atomic E-state index is -0.944. The van der Waals surface area contributed by atoms with Gasteiger partial charge in [0.1, 0.15) is 11.6 Å². The number of aryl methyl sites for hydroxylation is 1. The summed E-state index contributed by atoms with van der Waals surface area (Å²) in [6.07, 6.45) is 0.0344. The van der Waals surface area contributed by atoms with Crippen LogP contribution >= 0.6 is 24.8 Å². The number of carboxylic acid groups (broad SMARTS) is 1. The van der Waals surface area contributed by atoms with Crippen LogP contribution in [-0.4, -0.2) is 27.0 Å². The SMILES string of the molecule is CC(C)Oc1cc(CNc2ccc(CCC(=O)O)c(F)c2)ccc1Cn1nc(-c2ccccc2)cc1-c1ccccc1.Cl.Cl. The number of ether oxygens (including phenoxy) is 1. The molecule has 0 aliphatic heterocycles. The smallest absolute Gasteiger partial charge is 0.303 e. The third kappa shape index (κ3) is 8.85. The molecule has 9 heteroatoms. The van der Waals surface area contributed by atoms with Crippen LogP contribution < -0.4 is 10.1 Å². The van der Waals surface area contributed by atoms with Gasteiger partial charge in [0.25, 0.3) is 0 Å². The number of carboxylic acids is 1. The molecular formula is C35H36Cl2FN3O3. The number of benzene rings is 4. The Morgan fingerprint density at radius 3 is 2.18 bits per heavy atom. The Morgan fingerprint density at radius 2 is 1.55 bits per heavy atom. The molecule has 0 radical (unpaired) electrons. The highest BCUT2D eigenvalue weighted by Crippen LogP contribution is 2.30. The number of nitrogens with zero attached hydrogens (tertiary/aromatic N) is 2. The maximum Gasteiger partial charge on any atom is 0.303 e. The zero-order valence-corrected chi connectivity index (χ0v) is 26.2. The zero-order valence-electron chi connectivity index (χ0n) is 24.6. The van der Waals surface area contributed by atoms with Gasteiger partial charge in [0.2, 0.25) is 0 Å². The fourth-order valence-electron chi connectivity index (χ4n) is 4.80. The molecule has 1 heterocycles. The largest absolute Gasteiger partial charge is 0.491 e. The van der Waals surface area contributed by atoms with E-state index in [9.17, 15) is 9.18 Å². The van der Waals surface area contributed by atoms with Crippen molar-refractivity contribution < 1.29 is 19.0 Å². The molecule has 5 rings (SSSR count). The molecule has 0 saturated heterocycles. The summed E-state index contributed by atoms with van der Waals surface area (Å²) < 4.78 is 22.8. The van der Waals surface area contributed by atoms with E-state index >= 15 is 0 Å². The van der Waals surface area contributed by atoms with Crippen LogP contribution in [0, 0.1) is 5.82 Å².